The van der Waals surface area contributed by atoms with E-state index in [1.54, 1.807) is 33.2 Å². The highest BCUT2D eigenvalue weighted by molar-refractivity contribution is 6.30. The van der Waals surface area contributed by atoms with Gasteiger partial charge in [-0.2, -0.15) is 0 Å². The summed E-state index contributed by atoms with van der Waals surface area (Å²) in [4.78, 5) is 19.7. The van der Waals surface area contributed by atoms with Gasteiger partial charge in [-0.3, -0.25) is 4.79 Å². The fourth-order valence-electron chi connectivity index (χ4n) is 3.54. The molecule has 4 rings (SSSR count). The molecule has 1 aromatic heterocycles. The Bertz CT molecular complexity index is 1260. The molecule has 0 unspecified atom stereocenters. The maximum atomic E-state index is 11.5. The maximum Gasteiger partial charge on any atom is 0.307 e. The van der Waals surface area contributed by atoms with E-state index < -0.39 is 11.6 Å². The van der Waals surface area contributed by atoms with E-state index in [1.807, 2.05) is 49.4 Å². The molecule has 0 aliphatic rings. The monoisotopic (exact) mass is 462 g/mol. The maximum absolute atomic E-state index is 11.5. The van der Waals surface area contributed by atoms with E-state index in [0.717, 1.165) is 44.2 Å². The van der Waals surface area contributed by atoms with E-state index in [9.17, 15) is 9.90 Å². The first-order chi connectivity index (χ1) is 15.5. The molecular formula is C27H27ClN2O3. The first-order valence-electron chi connectivity index (χ1n) is 10.5. The lowest BCUT2D eigenvalue weighted by atomic mass is 9.87. The van der Waals surface area contributed by atoms with Crippen LogP contribution in [-0.2, 0) is 11.2 Å². The molecular weight excluding hydrogens is 436 g/mol. The number of aryl methyl sites for hydroxylation is 1. The van der Waals surface area contributed by atoms with Gasteiger partial charge in [0.2, 0.25) is 0 Å². The minimum absolute atomic E-state index is 0.0337. The lowest BCUT2D eigenvalue weighted by molar-refractivity contribution is -0.136. The van der Waals surface area contributed by atoms with E-state index in [-0.39, 0.29) is 6.42 Å². The molecule has 170 valence electrons. The summed E-state index contributed by atoms with van der Waals surface area (Å²) in [6, 6.07) is 15.7. The van der Waals surface area contributed by atoms with E-state index in [2.05, 4.69) is 16.0 Å². The van der Waals surface area contributed by atoms with Crippen molar-refractivity contribution in [3.8, 4) is 22.3 Å². The number of carbonyl (C=O) groups is 1. The van der Waals surface area contributed by atoms with Gasteiger partial charge in [0.15, 0.2) is 0 Å². The Hall–Kier alpha value is -3.28. The number of aliphatic carboxylic acids is 1. The highest BCUT2D eigenvalue weighted by atomic mass is 35.5. The number of benzene rings is 3. The van der Waals surface area contributed by atoms with Gasteiger partial charge in [0.05, 0.1) is 12.0 Å². The van der Waals surface area contributed by atoms with Gasteiger partial charge < -0.3 is 10.2 Å². The zero-order valence-corrected chi connectivity index (χ0v) is 19.9. The van der Waals surface area contributed by atoms with Crippen molar-refractivity contribution in [1.29, 1.82) is 0 Å². The second-order valence-corrected chi connectivity index (χ2v) is 9.29. The summed E-state index contributed by atoms with van der Waals surface area (Å²) in [5, 5.41) is 20.6. The average Bonchev–Trinajstić information content (AvgIpc) is 2.74. The van der Waals surface area contributed by atoms with Crippen molar-refractivity contribution in [2.45, 2.75) is 39.7 Å². The van der Waals surface area contributed by atoms with E-state index >= 15 is 0 Å². The first-order valence-corrected chi connectivity index (χ1v) is 10.9. The third-order valence-corrected chi connectivity index (χ3v) is 5.08. The Morgan fingerprint density at radius 2 is 1.52 bits per heavy atom. The first kappa shape index (κ1) is 24.4. The fourth-order valence-corrected chi connectivity index (χ4v) is 3.67. The van der Waals surface area contributed by atoms with Crippen LogP contribution in [0, 0.1) is 6.92 Å². The molecule has 0 aliphatic carbocycles. The lowest BCUT2D eigenvalue weighted by Gasteiger charge is -2.16. The van der Waals surface area contributed by atoms with Crippen molar-refractivity contribution in [2.75, 3.05) is 0 Å². The van der Waals surface area contributed by atoms with Crippen LogP contribution < -0.4 is 0 Å². The molecule has 0 spiro atoms. The topological polar surface area (TPSA) is 83.3 Å². The van der Waals surface area contributed by atoms with Gasteiger partial charge in [0.25, 0.3) is 0 Å². The Morgan fingerprint density at radius 3 is 2.09 bits per heavy atom. The highest BCUT2D eigenvalue weighted by Gasteiger charge is 2.16. The number of carboxylic acids is 1. The molecule has 4 aromatic rings. The van der Waals surface area contributed by atoms with Gasteiger partial charge in [0, 0.05) is 23.0 Å². The SMILES string of the molecule is CC(C)(C)O.Cc1cc2cc(-c3cncnc3)ccc2c(-c2ccc(Cl)cc2)c1CC(=O)O. The highest BCUT2D eigenvalue weighted by Crippen LogP contribution is 2.37. The van der Waals surface area contributed by atoms with E-state index in [1.165, 1.54) is 6.33 Å². The Balaban J connectivity index is 0.000000555. The lowest BCUT2D eigenvalue weighted by Crippen LogP contribution is -2.10. The molecule has 2 N–H and O–H groups in total. The van der Waals surface area contributed by atoms with Crippen LogP contribution in [0.1, 0.15) is 31.9 Å². The summed E-state index contributed by atoms with van der Waals surface area (Å²) in [6.07, 6.45) is 5.03. The molecule has 0 amide bonds. The predicted octanol–water partition coefficient (Wildman–Crippen LogP) is 6.33. The zero-order chi connectivity index (χ0) is 24.2. The van der Waals surface area contributed by atoms with E-state index in [4.69, 9.17) is 16.7 Å². The predicted molar refractivity (Wildman–Crippen MR) is 133 cm³/mol. The van der Waals surface area contributed by atoms with Gasteiger partial charge in [-0.05, 0) is 84.5 Å². The summed E-state index contributed by atoms with van der Waals surface area (Å²) in [5.74, 6) is -0.851. The Kier molecular flexibility index (Phi) is 7.46. The quantitative estimate of drug-likeness (QED) is 0.370. The second kappa shape index (κ2) is 10.1. The molecule has 0 atom stereocenters. The average molecular weight is 463 g/mol. The van der Waals surface area contributed by atoms with Crippen LogP contribution in [0.5, 0.6) is 0 Å². The summed E-state index contributed by atoms with van der Waals surface area (Å²) < 4.78 is 0. The van der Waals surface area contributed by atoms with Crippen LogP contribution >= 0.6 is 11.6 Å². The van der Waals surface area contributed by atoms with Crippen LogP contribution in [0.4, 0.5) is 0 Å². The summed E-state index contributed by atoms with van der Waals surface area (Å²) >= 11 is 6.06. The summed E-state index contributed by atoms with van der Waals surface area (Å²) in [5.41, 5.74) is 5.10. The van der Waals surface area contributed by atoms with Crippen molar-refractivity contribution in [1.82, 2.24) is 9.97 Å². The van der Waals surface area contributed by atoms with Gasteiger partial charge in [0.1, 0.15) is 6.33 Å². The van der Waals surface area contributed by atoms with Crippen molar-refractivity contribution in [3.05, 3.63) is 83.4 Å². The van der Waals surface area contributed by atoms with Crippen molar-refractivity contribution < 1.29 is 15.0 Å². The Morgan fingerprint density at radius 1 is 0.939 bits per heavy atom. The van der Waals surface area contributed by atoms with Crippen LogP contribution in [0.2, 0.25) is 5.02 Å². The van der Waals surface area contributed by atoms with Crippen molar-refractivity contribution >= 4 is 28.3 Å². The van der Waals surface area contributed by atoms with Gasteiger partial charge in [-0.15, -0.1) is 0 Å². The number of hydrogen-bond donors (Lipinski definition) is 2. The Labute approximate surface area is 198 Å². The molecule has 0 radical (unpaired) electrons. The summed E-state index contributed by atoms with van der Waals surface area (Å²) in [7, 11) is 0. The number of aromatic nitrogens is 2. The number of hydrogen-bond acceptors (Lipinski definition) is 4. The molecule has 0 bridgehead atoms. The number of halogens is 1. The number of nitrogens with zero attached hydrogens (tertiary/aromatic N) is 2. The molecule has 0 saturated carbocycles. The minimum Gasteiger partial charge on any atom is -0.481 e. The van der Waals surface area contributed by atoms with Crippen LogP contribution in [-0.4, -0.2) is 31.8 Å². The zero-order valence-electron chi connectivity index (χ0n) is 19.1. The molecule has 33 heavy (non-hydrogen) atoms. The largest absolute Gasteiger partial charge is 0.481 e. The molecule has 3 aromatic carbocycles. The van der Waals surface area contributed by atoms with Crippen LogP contribution in [0.15, 0.2) is 67.3 Å². The normalized spacial score (nSPS) is 11.1. The van der Waals surface area contributed by atoms with Gasteiger partial charge in [-0.1, -0.05) is 41.9 Å². The number of aliphatic hydroxyl groups is 1. The smallest absolute Gasteiger partial charge is 0.307 e. The van der Waals surface area contributed by atoms with Crippen molar-refractivity contribution in [2.24, 2.45) is 0 Å². The minimum atomic E-state index is -0.851. The number of fused-ring (bicyclic) bond motifs is 1. The molecule has 5 nitrogen and oxygen atoms in total. The van der Waals surface area contributed by atoms with Crippen molar-refractivity contribution in [3.63, 3.8) is 0 Å². The molecule has 6 heteroatoms. The number of carboxylic acid groups (broad SMARTS) is 1. The second-order valence-electron chi connectivity index (χ2n) is 8.86. The number of rotatable bonds is 4. The fraction of sp³-hybridized carbons (Fsp3) is 0.222. The molecule has 0 aliphatic heterocycles. The molecule has 0 fully saturated rings. The standard InChI is InChI=1S/C23H17ClN2O2.C4H10O/c1-14-8-17-9-16(18-11-25-13-26-12-18)4-7-20(17)23(21(14)10-22(27)28)15-2-5-19(24)6-3-15;1-4(2,3)5/h2-9,11-13H,10H2,1H3,(H,27,28);5H,1-3H3. The van der Waals surface area contributed by atoms with Crippen LogP contribution in [0.25, 0.3) is 33.0 Å². The molecule has 1 heterocycles. The van der Waals surface area contributed by atoms with E-state index in [0.29, 0.717) is 5.02 Å². The molecule has 0 saturated heterocycles. The third kappa shape index (κ3) is 6.60. The van der Waals surface area contributed by atoms with Crippen LogP contribution in [0.3, 0.4) is 0 Å². The van der Waals surface area contributed by atoms with Gasteiger partial charge in [-0.25, -0.2) is 9.97 Å². The van der Waals surface area contributed by atoms with Gasteiger partial charge >= 0.3 is 5.97 Å². The summed E-state index contributed by atoms with van der Waals surface area (Å²) in [6.45, 7) is 7.18. The third-order valence-electron chi connectivity index (χ3n) is 4.83.